The third kappa shape index (κ3) is 4.63. The monoisotopic (exact) mass is 481 g/mol. The first kappa shape index (κ1) is 22.7. The molecule has 2 unspecified atom stereocenters. The van der Waals surface area contributed by atoms with Crippen LogP contribution in [0.2, 0.25) is 0 Å². The fraction of sp³-hybridized carbons (Fsp3) is 0.348. The summed E-state index contributed by atoms with van der Waals surface area (Å²) in [7, 11) is 1.45. The molecule has 2 fully saturated rings. The first-order valence-corrected chi connectivity index (χ1v) is 10.9. The number of benzene rings is 1. The lowest BCUT2D eigenvalue weighted by Crippen LogP contribution is -2.58. The van der Waals surface area contributed by atoms with E-state index in [0.29, 0.717) is 32.3 Å². The number of hydrogen-bond acceptors (Lipinski definition) is 10. The molecule has 2 saturated heterocycles. The molecule has 10 nitrogen and oxygen atoms in total. The molecule has 5 rings (SSSR count). The average molecular weight is 481 g/mol. The van der Waals surface area contributed by atoms with Crippen molar-refractivity contribution in [3.63, 3.8) is 0 Å². The summed E-state index contributed by atoms with van der Waals surface area (Å²) >= 11 is 0. The number of aromatic nitrogens is 4. The van der Waals surface area contributed by atoms with Gasteiger partial charge >= 0.3 is 0 Å². The standard InChI is InChI=1S/C23H21F2N7O3/c1-33-20-21(31-18-3-2-13(5-26)4-17(18)25)29-12-30-22(20)35-19-14-8-32(9-15(19)11-34-10-14)23-27-6-16(24)7-28-23/h2-4,6-7,12,14-15,19H,8-11H2,1H3,(H,29,30,31). The fourth-order valence-electron chi connectivity index (χ4n) is 4.38. The fourth-order valence-corrected chi connectivity index (χ4v) is 4.38. The summed E-state index contributed by atoms with van der Waals surface area (Å²) in [5, 5.41) is 11.8. The Balaban J connectivity index is 1.36. The Labute approximate surface area is 199 Å². The van der Waals surface area contributed by atoms with Crippen LogP contribution in [0, 0.1) is 34.8 Å². The molecule has 12 heteroatoms. The van der Waals surface area contributed by atoms with Gasteiger partial charge in [-0.1, -0.05) is 0 Å². The maximum absolute atomic E-state index is 14.4. The largest absolute Gasteiger partial charge is 0.489 e. The van der Waals surface area contributed by atoms with Crippen molar-refractivity contribution in [2.75, 3.05) is 43.6 Å². The number of rotatable bonds is 6. The summed E-state index contributed by atoms with van der Waals surface area (Å²) in [4.78, 5) is 18.6. The van der Waals surface area contributed by atoms with Gasteiger partial charge in [0.1, 0.15) is 18.2 Å². The lowest BCUT2D eigenvalue weighted by atomic mass is 9.84. The van der Waals surface area contributed by atoms with Crippen LogP contribution in [0.4, 0.5) is 26.2 Å². The zero-order valence-corrected chi connectivity index (χ0v) is 18.7. The molecule has 0 aliphatic carbocycles. The van der Waals surface area contributed by atoms with Crippen LogP contribution in [0.1, 0.15) is 5.56 Å². The number of nitriles is 1. The Morgan fingerprint density at radius 1 is 1.11 bits per heavy atom. The highest BCUT2D eigenvalue weighted by molar-refractivity contribution is 5.65. The molecule has 2 aliphatic rings. The van der Waals surface area contributed by atoms with Crippen molar-refractivity contribution in [3.8, 4) is 17.7 Å². The summed E-state index contributed by atoms with van der Waals surface area (Å²) in [5.41, 5.74) is 0.336. The molecule has 35 heavy (non-hydrogen) atoms. The van der Waals surface area contributed by atoms with Crippen molar-refractivity contribution in [1.29, 1.82) is 5.26 Å². The van der Waals surface area contributed by atoms with Gasteiger partial charge in [0.15, 0.2) is 11.6 Å². The minimum Gasteiger partial charge on any atom is -0.489 e. The van der Waals surface area contributed by atoms with Gasteiger partial charge in [-0.3, -0.25) is 0 Å². The number of methoxy groups -OCH3 is 1. The highest BCUT2D eigenvalue weighted by Crippen LogP contribution is 2.38. The Morgan fingerprint density at radius 2 is 1.86 bits per heavy atom. The number of nitrogens with one attached hydrogen (secondary N) is 1. The van der Waals surface area contributed by atoms with E-state index in [1.54, 1.807) is 0 Å². The number of nitrogens with zero attached hydrogens (tertiary/aromatic N) is 6. The van der Waals surface area contributed by atoms with Crippen molar-refractivity contribution in [2.24, 2.45) is 11.8 Å². The van der Waals surface area contributed by atoms with Crippen molar-refractivity contribution in [3.05, 3.63) is 54.1 Å². The van der Waals surface area contributed by atoms with Crippen LogP contribution in [0.15, 0.2) is 36.9 Å². The first-order valence-electron chi connectivity index (χ1n) is 10.9. The third-order valence-corrected chi connectivity index (χ3v) is 5.97. The summed E-state index contributed by atoms with van der Waals surface area (Å²) in [5.74, 6) is -0.0266. The molecule has 2 aromatic heterocycles. The molecule has 180 valence electrons. The van der Waals surface area contributed by atoms with Gasteiger partial charge in [-0.2, -0.15) is 10.2 Å². The minimum atomic E-state index is -0.603. The Hall–Kier alpha value is -4.11. The molecule has 1 N–H and O–H groups in total. The molecule has 0 radical (unpaired) electrons. The highest BCUT2D eigenvalue weighted by atomic mass is 19.1. The highest BCUT2D eigenvalue weighted by Gasteiger charge is 2.43. The van der Waals surface area contributed by atoms with Crippen LogP contribution in [0.5, 0.6) is 11.6 Å². The molecule has 0 spiro atoms. The van der Waals surface area contributed by atoms with E-state index in [1.807, 2.05) is 11.0 Å². The number of ether oxygens (including phenoxy) is 3. The van der Waals surface area contributed by atoms with Crippen molar-refractivity contribution >= 4 is 17.5 Å². The van der Waals surface area contributed by atoms with Crippen molar-refractivity contribution in [1.82, 2.24) is 19.9 Å². The number of piperidine rings is 1. The topological polar surface area (TPSA) is 118 Å². The SMILES string of the molecule is COc1c(Nc2ccc(C#N)cc2F)ncnc1OC1C2COCC1CN(c1ncc(F)cn1)C2. The van der Waals surface area contributed by atoms with Crippen molar-refractivity contribution < 1.29 is 23.0 Å². The molecule has 2 bridgehead atoms. The van der Waals surface area contributed by atoms with Gasteiger partial charge in [0.25, 0.3) is 5.88 Å². The zero-order chi connectivity index (χ0) is 24.4. The molecule has 3 aromatic rings. The molecule has 0 saturated carbocycles. The van der Waals surface area contributed by atoms with Gasteiger partial charge in [-0.05, 0) is 18.2 Å². The Morgan fingerprint density at radius 3 is 2.51 bits per heavy atom. The summed E-state index contributed by atoms with van der Waals surface area (Å²) in [6, 6.07) is 5.97. The predicted octanol–water partition coefficient (Wildman–Crippen LogP) is 2.70. The summed E-state index contributed by atoms with van der Waals surface area (Å²) in [6.07, 6.45) is 3.36. The van der Waals surface area contributed by atoms with Crippen LogP contribution < -0.4 is 19.7 Å². The number of anilines is 3. The zero-order valence-electron chi connectivity index (χ0n) is 18.7. The van der Waals surface area contributed by atoms with E-state index in [1.165, 1.54) is 25.6 Å². The lowest BCUT2D eigenvalue weighted by molar-refractivity contribution is -0.0776. The van der Waals surface area contributed by atoms with Gasteiger partial charge in [0.2, 0.25) is 11.7 Å². The average Bonchev–Trinajstić information content (AvgIpc) is 2.86. The van der Waals surface area contributed by atoms with Crippen LogP contribution in [-0.4, -0.2) is 59.5 Å². The first-order chi connectivity index (χ1) is 17.1. The van der Waals surface area contributed by atoms with Gasteiger partial charge in [0, 0.05) is 24.9 Å². The van der Waals surface area contributed by atoms with Crippen LogP contribution >= 0.6 is 0 Å². The second-order valence-corrected chi connectivity index (χ2v) is 8.24. The number of hydrogen-bond donors (Lipinski definition) is 1. The second-order valence-electron chi connectivity index (χ2n) is 8.24. The lowest BCUT2D eigenvalue weighted by Gasteiger charge is -2.46. The third-order valence-electron chi connectivity index (χ3n) is 5.97. The summed E-state index contributed by atoms with van der Waals surface area (Å²) in [6.45, 7) is 2.05. The smallest absolute Gasteiger partial charge is 0.262 e. The normalized spacial score (nSPS) is 21.2. The van der Waals surface area contributed by atoms with E-state index < -0.39 is 11.6 Å². The second kappa shape index (κ2) is 9.63. The molecule has 1 aromatic carbocycles. The van der Waals surface area contributed by atoms with Gasteiger partial charge in [0.05, 0.1) is 50.0 Å². The minimum absolute atomic E-state index is 0.0248. The van der Waals surface area contributed by atoms with Gasteiger partial charge in [-0.15, -0.1) is 0 Å². The maximum atomic E-state index is 14.4. The predicted molar refractivity (Wildman–Crippen MR) is 119 cm³/mol. The van der Waals surface area contributed by atoms with Gasteiger partial charge in [-0.25, -0.2) is 23.7 Å². The maximum Gasteiger partial charge on any atom is 0.262 e. The molecule has 2 aliphatic heterocycles. The van der Waals surface area contributed by atoms with Crippen molar-refractivity contribution in [2.45, 2.75) is 6.10 Å². The van der Waals surface area contributed by atoms with E-state index in [4.69, 9.17) is 19.5 Å². The van der Waals surface area contributed by atoms with Crippen LogP contribution in [-0.2, 0) is 4.74 Å². The molecule has 0 amide bonds. The Bertz CT molecular complexity index is 1240. The van der Waals surface area contributed by atoms with Crippen LogP contribution in [0.25, 0.3) is 0 Å². The van der Waals surface area contributed by atoms with E-state index in [9.17, 15) is 8.78 Å². The molecule has 4 heterocycles. The van der Waals surface area contributed by atoms with E-state index >= 15 is 0 Å². The van der Waals surface area contributed by atoms with Gasteiger partial charge < -0.3 is 24.4 Å². The van der Waals surface area contributed by atoms with Crippen LogP contribution in [0.3, 0.4) is 0 Å². The molecular weight excluding hydrogens is 460 g/mol. The number of fused-ring (bicyclic) bond motifs is 2. The quantitative estimate of drug-likeness (QED) is 0.563. The van der Waals surface area contributed by atoms with E-state index in [2.05, 4.69) is 25.3 Å². The molecule has 2 atom stereocenters. The van der Waals surface area contributed by atoms with E-state index in [0.717, 1.165) is 18.5 Å². The van der Waals surface area contributed by atoms with E-state index in [-0.39, 0.29) is 46.6 Å². The summed E-state index contributed by atoms with van der Waals surface area (Å²) < 4.78 is 45.2. The number of halogens is 2. The molecular formula is C23H21F2N7O3. The Kier molecular flexibility index (Phi) is 6.24.